The summed E-state index contributed by atoms with van der Waals surface area (Å²) < 4.78 is 0. The third kappa shape index (κ3) is 3.77. The monoisotopic (exact) mass is 360 g/mol. The first-order valence-electron chi connectivity index (χ1n) is 7.60. The molecule has 0 aliphatic heterocycles. The van der Waals surface area contributed by atoms with Crippen molar-refractivity contribution in [1.82, 2.24) is 20.3 Å². The summed E-state index contributed by atoms with van der Waals surface area (Å²) in [5.74, 6) is 0.718. The molecule has 0 fully saturated rings. The minimum Gasteiger partial charge on any atom is -0.314 e. The molecule has 3 aromatic rings. The molecule has 24 heavy (non-hydrogen) atoms. The Balaban J connectivity index is 1.79. The fourth-order valence-corrected chi connectivity index (χ4v) is 3.84. The van der Waals surface area contributed by atoms with E-state index in [0.717, 1.165) is 33.3 Å². The molecule has 3 rings (SSSR count). The van der Waals surface area contributed by atoms with Crippen molar-refractivity contribution in [2.24, 2.45) is 5.10 Å². The van der Waals surface area contributed by atoms with Crippen LogP contribution in [0.3, 0.4) is 0 Å². The minimum atomic E-state index is 0.0938. The highest BCUT2D eigenvalue weighted by molar-refractivity contribution is 7.18. The van der Waals surface area contributed by atoms with Gasteiger partial charge in [0.25, 0.3) is 0 Å². The maximum atomic E-state index is 4.47. The highest BCUT2D eigenvalue weighted by Gasteiger charge is 2.18. The zero-order chi connectivity index (χ0) is 17.2. The van der Waals surface area contributed by atoms with Gasteiger partial charge in [-0.25, -0.2) is 15.0 Å². The standard InChI is InChI=1S/C16H20N6S2/c1-16(2,3)12-5-11-14(18-9-19-15(11)24-12)22-20-7-13-21-10(6-17-4)8-23-13/h5,7-9,17H,6H2,1-4H3,(H,18,19,22)/b20-7+. The van der Waals surface area contributed by atoms with E-state index in [1.54, 1.807) is 35.2 Å². The largest absolute Gasteiger partial charge is 0.314 e. The summed E-state index contributed by atoms with van der Waals surface area (Å²) in [7, 11) is 1.90. The van der Waals surface area contributed by atoms with E-state index in [1.165, 1.54) is 4.88 Å². The number of hydrogen-bond donors (Lipinski definition) is 2. The second-order valence-electron chi connectivity index (χ2n) is 6.38. The number of nitrogens with zero attached hydrogens (tertiary/aromatic N) is 4. The summed E-state index contributed by atoms with van der Waals surface area (Å²) in [5.41, 5.74) is 4.13. The molecule has 0 atom stereocenters. The second kappa shape index (κ2) is 6.92. The van der Waals surface area contributed by atoms with Crippen LogP contribution in [0.15, 0.2) is 22.9 Å². The van der Waals surface area contributed by atoms with Crippen LogP contribution in [0.5, 0.6) is 0 Å². The first kappa shape index (κ1) is 16.9. The van der Waals surface area contributed by atoms with Gasteiger partial charge in [-0.05, 0) is 18.5 Å². The molecule has 2 N–H and O–H groups in total. The van der Waals surface area contributed by atoms with Crippen molar-refractivity contribution < 1.29 is 0 Å². The number of rotatable bonds is 5. The number of fused-ring (bicyclic) bond motifs is 1. The number of hydrogen-bond acceptors (Lipinski definition) is 8. The zero-order valence-corrected chi connectivity index (χ0v) is 15.8. The molecule has 0 saturated carbocycles. The molecule has 0 spiro atoms. The van der Waals surface area contributed by atoms with Gasteiger partial charge in [-0.15, -0.1) is 22.7 Å². The Bertz CT molecular complexity index is 859. The van der Waals surface area contributed by atoms with Crippen molar-refractivity contribution in [3.8, 4) is 0 Å². The third-order valence-corrected chi connectivity index (χ3v) is 5.64. The molecule has 0 radical (unpaired) electrons. The molecule has 6 nitrogen and oxygen atoms in total. The van der Waals surface area contributed by atoms with Crippen molar-refractivity contribution >= 4 is 44.9 Å². The van der Waals surface area contributed by atoms with Gasteiger partial charge in [0.2, 0.25) is 0 Å². The van der Waals surface area contributed by atoms with Crippen LogP contribution in [0.4, 0.5) is 5.82 Å². The summed E-state index contributed by atoms with van der Waals surface area (Å²) >= 11 is 3.26. The number of aromatic nitrogens is 3. The van der Waals surface area contributed by atoms with Gasteiger partial charge in [-0.3, -0.25) is 5.43 Å². The van der Waals surface area contributed by atoms with Crippen LogP contribution in [0, 0.1) is 0 Å². The van der Waals surface area contributed by atoms with E-state index < -0.39 is 0 Å². The summed E-state index contributed by atoms with van der Waals surface area (Å²) in [5, 5.41) is 11.2. The van der Waals surface area contributed by atoms with Crippen LogP contribution >= 0.6 is 22.7 Å². The number of nitrogens with one attached hydrogen (secondary N) is 2. The van der Waals surface area contributed by atoms with Gasteiger partial charge >= 0.3 is 0 Å². The highest BCUT2D eigenvalue weighted by Crippen LogP contribution is 2.35. The van der Waals surface area contributed by atoms with Crippen molar-refractivity contribution in [1.29, 1.82) is 0 Å². The lowest BCUT2D eigenvalue weighted by Gasteiger charge is -2.14. The highest BCUT2D eigenvalue weighted by atomic mass is 32.1. The number of thiophene rings is 1. The van der Waals surface area contributed by atoms with Crippen molar-refractivity contribution in [2.45, 2.75) is 32.7 Å². The van der Waals surface area contributed by atoms with Gasteiger partial charge in [0.15, 0.2) is 5.82 Å². The molecule has 0 amide bonds. The quantitative estimate of drug-likeness (QED) is 0.537. The molecular weight excluding hydrogens is 340 g/mol. The fraction of sp³-hybridized carbons (Fsp3) is 0.375. The minimum absolute atomic E-state index is 0.0938. The Morgan fingerprint density at radius 2 is 2.12 bits per heavy atom. The summed E-state index contributed by atoms with van der Waals surface area (Å²) in [6.07, 6.45) is 3.28. The smallest absolute Gasteiger partial charge is 0.158 e. The van der Waals surface area contributed by atoms with Crippen LogP contribution in [0.1, 0.15) is 36.3 Å². The third-order valence-electron chi connectivity index (χ3n) is 3.34. The average molecular weight is 361 g/mol. The Hall–Kier alpha value is -1.90. The van der Waals surface area contributed by atoms with E-state index in [2.05, 4.69) is 57.6 Å². The molecule has 3 heterocycles. The first-order chi connectivity index (χ1) is 11.5. The van der Waals surface area contributed by atoms with Crippen LogP contribution < -0.4 is 10.7 Å². The Labute approximate surface area is 149 Å². The Kier molecular flexibility index (Phi) is 4.88. The van der Waals surface area contributed by atoms with Gasteiger partial charge in [0.05, 0.1) is 17.3 Å². The average Bonchev–Trinajstić information content (AvgIpc) is 3.14. The van der Waals surface area contributed by atoms with E-state index in [0.29, 0.717) is 0 Å². The lowest BCUT2D eigenvalue weighted by molar-refractivity contribution is 0.604. The summed E-state index contributed by atoms with van der Waals surface area (Å²) in [6.45, 7) is 7.35. The van der Waals surface area contributed by atoms with Crippen molar-refractivity contribution in [3.05, 3.63) is 33.4 Å². The van der Waals surface area contributed by atoms with Crippen LogP contribution in [0.25, 0.3) is 10.2 Å². The van der Waals surface area contributed by atoms with Crippen molar-refractivity contribution in [3.63, 3.8) is 0 Å². The molecular formula is C16H20N6S2. The van der Waals surface area contributed by atoms with E-state index in [4.69, 9.17) is 0 Å². The molecule has 126 valence electrons. The summed E-state index contributed by atoms with van der Waals surface area (Å²) in [6, 6.07) is 2.15. The molecule has 0 saturated heterocycles. The Morgan fingerprint density at radius 3 is 2.88 bits per heavy atom. The second-order valence-corrected chi connectivity index (χ2v) is 8.30. The maximum absolute atomic E-state index is 4.47. The molecule has 3 aromatic heterocycles. The normalized spacial score (nSPS) is 12.3. The molecule has 0 aliphatic carbocycles. The number of anilines is 1. The maximum Gasteiger partial charge on any atom is 0.158 e. The van der Waals surface area contributed by atoms with E-state index in [1.807, 2.05) is 12.4 Å². The summed E-state index contributed by atoms with van der Waals surface area (Å²) in [4.78, 5) is 15.4. The van der Waals surface area contributed by atoms with Gasteiger partial charge in [0, 0.05) is 16.8 Å². The first-order valence-corrected chi connectivity index (χ1v) is 9.30. The van der Waals surface area contributed by atoms with Gasteiger partial charge in [0.1, 0.15) is 16.2 Å². The van der Waals surface area contributed by atoms with Gasteiger partial charge in [-0.1, -0.05) is 20.8 Å². The number of hydrazone groups is 1. The van der Waals surface area contributed by atoms with Gasteiger partial charge in [-0.2, -0.15) is 5.10 Å². The lowest BCUT2D eigenvalue weighted by Crippen LogP contribution is -2.07. The topological polar surface area (TPSA) is 75.1 Å². The Morgan fingerprint density at radius 1 is 1.29 bits per heavy atom. The van der Waals surface area contributed by atoms with E-state index in [9.17, 15) is 0 Å². The zero-order valence-electron chi connectivity index (χ0n) is 14.1. The van der Waals surface area contributed by atoms with Gasteiger partial charge < -0.3 is 5.32 Å². The van der Waals surface area contributed by atoms with Crippen LogP contribution in [0.2, 0.25) is 0 Å². The molecule has 8 heteroatoms. The van der Waals surface area contributed by atoms with E-state index in [-0.39, 0.29) is 5.41 Å². The predicted octanol–water partition coefficient (Wildman–Crippen LogP) is 3.61. The molecule has 0 aromatic carbocycles. The lowest BCUT2D eigenvalue weighted by atomic mass is 9.94. The molecule has 0 bridgehead atoms. The van der Waals surface area contributed by atoms with Crippen LogP contribution in [-0.4, -0.2) is 28.2 Å². The van der Waals surface area contributed by atoms with Crippen LogP contribution in [-0.2, 0) is 12.0 Å². The molecule has 0 unspecified atom stereocenters. The van der Waals surface area contributed by atoms with Crippen molar-refractivity contribution in [2.75, 3.05) is 12.5 Å². The molecule has 0 aliphatic rings. The fourth-order valence-electron chi connectivity index (χ4n) is 2.11. The predicted molar refractivity (Wildman–Crippen MR) is 102 cm³/mol. The SMILES string of the molecule is CNCc1csc(/C=N/Nc2ncnc3sc(C(C)(C)C)cc23)n1. The number of thiazole rings is 1. The van der Waals surface area contributed by atoms with E-state index >= 15 is 0 Å².